The summed E-state index contributed by atoms with van der Waals surface area (Å²) in [6.45, 7) is 1.52. The minimum Gasteiger partial charge on any atom is -0.223 e. The molecule has 2 aromatic carbocycles. The van der Waals surface area contributed by atoms with Crippen LogP contribution in [0.25, 0.3) is 0 Å². The lowest BCUT2D eigenvalue weighted by Gasteiger charge is -2.13. The van der Waals surface area contributed by atoms with Crippen LogP contribution in [-0.4, -0.2) is 8.42 Å². The van der Waals surface area contributed by atoms with Gasteiger partial charge in [-0.05, 0) is 48.9 Å². The Kier molecular flexibility index (Phi) is 3.66. The Balaban J connectivity index is 2.39. The molecule has 100 valence electrons. The molecule has 0 heterocycles. The normalized spacial score (nSPS) is 13.2. The van der Waals surface area contributed by atoms with Crippen LogP contribution in [-0.2, 0) is 9.84 Å². The molecule has 0 fully saturated rings. The van der Waals surface area contributed by atoms with Gasteiger partial charge in [0.1, 0.15) is 11.6 Å². The fraction of sp³-hybridized carbons (Fsp3) is 0.143. The van der Waals surface area contributed by atoms with E-state index in [9.17, 15) is 17.2 Å². The van der Waals surface area contributed by atoms with Gasteiger partial charge in [-0.25, -0.2) is 17.2 Å². The highest BCUT2D eigenvalue weighted by atomic mass is 32.2. The molecule has 0 aliphatic carbocycles. The van der Waals surface area contributed by atoms with Crippen molar-refractivity contribution in [2.45, 2.75) is 17.1 Å². The summed E-state index contributed by atoms with van der Waals surface area (Å²) in [5.41, 5.74) is 0.491. The van der Waals surface area contributed by atoms with Crippen LogP contribution in [0, 0.1) is 11.6 Å². The minimum atomic E-state index is -3.61. The van der Waals surface area contributed by atoms with E-state index in [0.29, 0.717) is 5.56 Å². The Labute approximate surface area is 110 Å². The minimum absolute atomic E-state index is 0.0470. The molecule has 0 aliphatic rings. The molecule has 0 aliphatic heterocycles. The van der Waals surface area contributed by atoms with Crippen molar-refractivity contribution in [3.8, 4) is 0 Å². The highest BCUT2D eigenvalue weighted by Crippen LogP contribution is 2.28. The zero-order valence-electron chi connectivity index (χ0n) is 10.2. The van der Waals surface area contributed by atoms with Crippen LogP contribution in [0.1, 0.15) is 17.7 Å². The maximum absolute atomic E-state index is 12.8. The molecule has 2 aromatic rings. The van der Waals surface area contributed by atoms with E-state index in [-0.39, 0.29) is 4.90 Å². The molecule has 5 heteroatoms. The van der Waals surface area contributed by atoms with E-state index in [1.807, 2.05) is 0 Å². The first-order valence-corrected chi connectivity index (χ1v) is 7.21. The number of hydrogen-bond acceptors (Lipinski definition) is 2. The summed E-state index contributed by atoms with van der Waals surface area (Å²) >= 11 is 0. The molecular weight excluding hydrogens is 270 g/mol. The molecule has 2 nitrogen and oxygen atoms in total. The van der Waals surface area contributed by atoms with Gasteiger partial charge in [0.2, 0.25) is 0 Å². The molecular formula is C14H12F2O2S. The SMILES string of the molecule is C[C@@H](c1ccc(F)cc1)S(=O)(=O)c1ccc(F)cc1. The lowest BCUT2D eigenvalue weighted by atomic mass is 10.2. The monoisotopic (exact) mass is 282 g/mol. The first kappa shape index (κ1) is 13.7. The number of sulfone groups is 1. The van der Waals surface area contributed by atoms with E-state index >= 15 is 0 Å². The van der Waals surface area contributed by atoms with Gasteiger partial charge in [-0.3, -0.25) is 0 Å². The van der Waals surface area contributed by atoms with Crippen LogP contribution in [0.4, 0.5) is 8.78 Å². The summed E-state index contributed by atoms with van der Waals surface area (Å²) in [6.07, 6.45) is 0. The van der Waals surface area contributed by atoms with Crippen LogP contribution < -0.4 is 0 Å². The maximum Gasteiger partial charge on any atom is 0.185 e. The lowest BCUT2D eigenvalue weighted by molar-refractivity contribution is 0.584. The molecule has 0 radical (unpaired) electrons. The number of benzene rings is 2. The topological polar surface area (TPSA) is 34.1 Å². The van der Waals surface area contributed by atoms with Crippen LogP contribution in [0.5, 0.6) is 0 Å². The Morgan fingerprint density at radius 3 is 1.74 bits per heavy atom. The summed E-state index contributed by atoms with van der Waals surface area (Å²) in [7, 11) is -3.61. The second kappa shape index (κ2) is 5.09. The Bertz CT molecular complexity index is 662. The summed E-state index contributed by atoms with van der Waals surface area (Å²) in [6, 6.07) is 9.95. The van der Waals surface area contributed by atoms with Crippen molar-refractivity contribution in [1.82, 2.24) is 0 Å². The van der Waals surface area contributed by atoms with Crippen molar-refractivity contribution in [1.29, 1.82) is 0 Å². The fourth-order valence-electron chi connectivity index (χ4n) is 1.74. The van der Waals surface area contributed by atoms with Crippen molar-refractivity contribution in [3.05, 3.63) is 65.7 Å². The predicted octanol–water partition coefficient (Wildman–Crippen LogP) is 3.50. The zero-order chi connectivity index (χ0) is 14.0. The van der Waals surface area contributed by atoms with E-state index in [4.69, 9.17) is 0 Å². The van der Waals surface area contributed by atoms with Crippen molar-refractivity contribution in [2.75, 3.05) is 0 Å². The van der Waals surface area contributed by atoms with Gasteiger partial charge in [0.05, 0.1) is 10.1 Å². The molecule has 0 amide bonds. The van der Waals surface area contributed by atoms with E-state index in [1.54, 1.807) is 0 Å². The maximum atomic E-state index is 12.8. The van der Waals surface area contributed by atoms with E-state index in [0.717, 1.165) is 12.1 Å². The molecule has 0 N–H and O–H groups in total. The molecule has 0 saturated carbocycles. The summed E-state index contributed by atoms with van der Waals surface area (Å²) in [5, 5.41) is -0.821. The van der Waals surface area contributed by atoms with E-state index in [2.05, 4.69) is 0 Å². The quantitative estimate of drug-likeness (QED) is 0.807. The Morgan fingerprint density at radius 2 is 1.26 bits per heavy atom. The molecule has 0 spiro atoms. The fourth-order valence-corrected chi connectivity index (χ4v) is 3.18. The number of halogens is 2. The molecule has 1 atom stereocenters. The van der Waals surface area contributed by atoms with Crippen LogP contribution in [0.3, 0.4) is 0 Å². The summed E-state index contributed by atoms with van der Waals surface area (Å²) in [5.74, 6) is -0.913. The largest absolute Gasteiger partial charge is 0.223 e. The van der Waals surface area contributed by atoms with Gasteiger partial charge in [0.15, 0.2) is 9.84 Å². The van der Waals surface area contributed by atoms with Gasteiger partial charge < -0.3 is 0 Å². The standard InChI is InChI=1S/C14H12F2O2S/c1-10(11-2-4-12(15)5-3-11)19(17,18)14-8-6-13(16)7-9-14/h2-10H,1H3/t10-/m0/s1. The van der Waals surface area contributed by atoms with Gasteiger partial charge in [-0.15, -0.1) is 0 Å². The average Bonchev–Trinajstić information content (AvgIpc) is 2.39. The van der Waals surface area contributed by atoms with Crippen LogP contribution in [0.2, 0.25) is 0 Å². The van der Waals surface area contributed by atoms with Gasteiger partial charge >= 0.3 is 0 Å². The van der Waals surface area contributed by atoms with Crippen LogP contribution in [0.15, 0.2) is 53.4 Å². The van der Waals surface area contributed by atoms with Crippen molar-refractivity contribution < 1.29 is 17.2 Å². The molecule has 0 saturated heterocycles. The first-order chi connectivity index (χ1) is 8.91. The van der Waals surface area contributed by atoms with Crippen molar-refractivity contribution >= 4 is 9.84 Å². The number of hydrogen-bond donors (Lipinski definition) is 0. The predicted molar refractivity (Wildman–Crippen MR) is 68.4 cm³/mol. The second-order valence-corrected chi connectivity index (χ2v) is 6.46. The van der Waals surface area contributed by atoms with Crippen molar-refractivity contribution in [3.63, 3.8) is 0 Å². The average molecular weight is 282 g/mol. The third kappa shape index (κ3) is 2.81. The van der Waals surface area contributed by atoms with Gasteiger partial charge in [0.25, 0.3) is 0 Å². The van der Waals surface area contributed by atoms with Gasteiger partial charge in [-0.1, -0.05) is 12.1 Å². The van der Waals surface area contributed by atoms with E-state index < -0.39 is 26.7 Å². The Hall–Kier alpha value is -1.75. The first-order valence-electron chi connectivity index (χ1n) is 5.66. The third-order valence-electron chi connectivity index (χ3n) is 2.95. The zero-order valence-corrected chi connectivity index (χ0v) is 11.0. The van der Waals surface area contributed by atoms with Gasteiger partial charge in [-0.2, -0.15) is 0 Å². The third-order valence-corrected chi connectivity index (χ3v) is 5.08. The molecule has 2 rings (SSSR count). The second-order valence-electron chi connectivity index (χ2n) is 4.19. The molecule has 0 bridgehead atoms. The number of rotatable bonds is 3. The summed E-state index contributed by atoms with van der Waals surface area (Å²) < 4.78 is 50.3. The molecule has 0 aromatic heterocycles. The summed E-state index contributed by atoms with van der Waals surface area (Å²) in [4.78, 5) is 0.0470. The smallest absolute Gasteiger partial charge is 0.185 e. The Morgan fingerprint density at radius 1 is 0.842 bits per heavy atom. The van der Waals surface area contributed by atoms with E-state index in [1.165, 1.54) is 43.3 Å². The lowest BCUT2D eigenvalue weighted by Crippen LogP contribution is -2.10. The highest BCUT2D eigenvalue weighted by molar-refractivity contribution is 7.91. The molecule has 0 unspecified atom stereocenters. The van der Waals surface area contributed by atoms with Crippen LogP contribution >= 0.6 is 0 Å². The molecule has 19 heavy (non-hydrogen) atoms. The highest BCUT2D eigenvalue weighted by Gasteiger charge is 2.24. The van der Waals surface area contributed by atoms with Gasteiger partial charge in [0, 0.05) is 0 Å². The van der Waals surface area contributed by atoms with Crippen molar-refractivity contribution in [2.24, 2.45) is 0 Å².